The number of hydrogen-bond acceptors (Lipinski definition) is 1. The molecular weight excluding hydrogens is 296 g/mol. The first kappa shape index (κ1) is 15.0. The van der Waals surface area contributed by atoms with E-state index in [-0.39, 0.29) is 5.91 Å². The Morgan fingerprint density at radius 2 is 2.00 bits per heavy atom. The lowest BCUT2D eigenvalue weighted by Gasteiger charge is -2.25. The van der Waals surface area contributed by atoms with Crippen molar-refractivity contribution in [2.24, 2.45) is 0 Å². The molecule has 3 heteroatoms. The van der Waals surface area contributed by atoms with E-state index in [1.54, 1.807) is 0 Å². The molecular formula is C21H22N2O. The summed E-state index contributed by atoms with van der Waals surface area (Å²) in [7, 11) is 0. The number of carbonyl (C=O) groups excluding carboxylic acids is 1. The number of carbonyl (C=O) groups is 1. The molecule has 0 saturated carbocycles. The number of benzene rings is 2. The van der Waals surface area contributed by atoms with Crippen molar-refractivity contribution in [1.29, 1.82) is 0 Å². The number of rotatable bonds is 4. The van der Waals surface area contributed by atoms with Gasteiger partial charge in [-0.15, -0.1) is 0 Å². The van der Waals surface area contributed by atoms with Crippen LogP contribution in [0.4, 0.5) is 0 Å². The van der Waals surface area contributed by atoms with E-state index in [1.807, 2.05) is 36.5 Å². The highest BCUT2D eigenvalue weighted by Crippen LogP contribution is 2.25. The molecule has 1 saturated heterocycles. The third-order valence-corrected chi connectivity index (χ3v) is 5.05. The maximum Gasteiger partial charge on any atom is 0.254 e. The van der Waals surface area contributed by atoms with Crippen molar-refractivity contribution >= 4 is 16.8 Å². The molecule has 0 bridgehead atoms. The van der Waals surface area contributed by atoms with E-state index >= 15 is 0 Å². The summed E-state index contributed by atoms with van der Waals surface area (Å²) in [6, 6.07) is 18.9. The summed E-state index contributed by atoms with van der Waals surface area (Å²) in [6.07, 6.45) is 6.21. The van der Waals surface area contributed by atoms with E-state index in [4.69, 9.17) is 0 Å². The van der Waals surface area contributed by atoms with Crippen LogP contribution in [0.1, 0.15) is 35.2 Å². The Bertz CT molecular complexity index is 837. The van der Waals surface area contributed by atoms with Crippen LogP contribution in [0.2, 0.25) is 0 Å². The number of nitrogens with one attached hydrogen (secondary N) is 1. The predicted octanol–water partition coefficient (Wildman–Crippen LogP) is 4.41. The van der Waals surface area contributed by atoms with Crippen molar-refractivity contribution in [2.45, 2.75) is 31.7 Å². The van der Waals surface area contributed by atoms with Gasteiger partial charge in [0, 0.05) is 29.9 Å². The average Bonchev–Trinajstić information content (AvgIpc) is 3.28. The summed E-state index contributed by atoms with van der Waals surface area (Å²) < 4.78 is 0. The summed E-state index contributed by atoms with van der Waals surface area (Å²) in [5.41, 5.74) is 3.17. The lowest BCUT2D eigenvalue weighted by Crippen LogP contribution is -2.35. The number of amides is 1. The van der Waals surface area contributed by atoms with Gasteiger partial charge in [0.25, 0.3) is 5.91 Å². The first-order valence-corrected chi connectivity index (χ1v) is 8.73. The zero-order chi connectivity index (χ0) is 16.4. The minimum absolute atomic E-state index is 0.169. The van der Waals surface area contributed by atoms with E-state index < -0.39 is 0 Å². The molecule has 24 heavy (non-hydrogen) atoms. The maximum atomic E-state index is 12.9. The van der Waals surface area contributed by atoms with Gasteiger partial charge in [0.1, 0.15) is 0 Å². The molecule has 3 nitrogen and oxygen atoms in total. The topological polar surface area (TPSA) is 36.1 Å². The molecule has 0 radical (unpaired) electrons. The summed E-state index contributed by atoms with van der Waals surface area (Å²) in [5, 5.41) is 1.15. The summed E-state index contributed by atoms with van der Waals surface area (Å²) in [6.45, 7) is 0.876. The number of aryl methyl sites for hydroxylation is 1. The molecule has 0 spiro atoms. The summed E-state index contributed by atoms with van der Waals surface area (Å²) in [5.74, 6) is 0.169. The monoisotopic (exact) mass is 318 g/mol. The first-order valence-electron chi connectivity index (χ1n) is 8.73. The van der Waals surface area contributed by atoms with Gasteiger partial charge >= 0.3 is 0 Å². The second-order valence-corrected chi connectivity index (χ2v) is 6.60. The summed E-state index contributed by atoms with van der Waals surface area (Å²) >= 11 is 0. The van der Waals surface area contributed by atoms with E-state index in [0.29, 0.717) is 6.04 Å². The van der Waals surface area contributed by atoms with Crippen molar-refractivity contribution in [3.63, 3.8) is 0 Å². The third-order valence-electron chi connectivity index (χ3n) is 5.05. The maximum absolute atomic E-state index is 12.9. The fourth-order valence-corrected chi connectivity index (χ4v) is 3.73. The predicted molar refractivity (Wildman–Crippen MR) is 97.1 cm³/mol. The van der Waals surface area contributed by atoms with Gasteiger partial charge < -0.3 is 9.88 Å². The molecule has 3 aromatic rings. The molecule has 0 aliphatic carbocycles. The van der Waals surface area contributed by atoms with Crippen molar-refractivity contribution in [3.8, 4) is 0 Å². The van der Waals surface area contributed by atoms with Crippen LogP contribution < -0.4 is 0 Å². The Morgan fingerprint density at radius 1 is 1.12 bits per heavy atom. The molecule has 1 amide bonds. The minimum atomic E-state index is 0.169. The normalized spacial score (nSPS) is 17.5. The zero-order valence-electron chi connectivity index (χ0n) is 13.7. The Hall–Kier alpha value is -2.55. The molecule has 1 atom stereocenters. The molecule has 0 unspecified atom stereocenters. The van der Waals surface area contributed by atoms with Crippen LogP contribution in [-0.2, 0) is 6.42 Å². The smallest absolute Gasteiger partial charge is 0.254 e. The number of fused-ring (bicyclic) bond motifs is 1. The van der Waals surface area contributed by atoms with E-state index in [9.17, 15) is 4.79 Å². The molecule has 1 N–H and O–H groups in total. The lowest BCUT2D eigenvalue weighted by molar-refractivity contribution is 0.0731. The van der Waals surface area contributed by atoms with Crippen molar-refractivity contribution < 1.29 is 4.79 Å². The summed E-state index contributed by atoms with van der Waals surface area (Å²) in [4.78, 5) is 18.2. The standard InChI is InChI=1S/C21H22N2O/c24-21(18-10-9-17-12-13-22-20(17)15-18)23-14-4-7-19(23)11-8-16-5-2-1-3-6-16/h1-3,5-6,9-10,12-13,15,19,22H,4,7-8,11,14H2/t19-/m0/s1. The quantitative estimate of drug-likeness (QED) is 0.760. The van der Waals surface area contributed by atoms with Crippen LogP contribution in [-0.4, -0.2) is 28.4 Å². The Morgan fingerprint density at radius 3 is 2.88 bits per heavy atom. The van der Waals surface area contributed by atoms with E-state index in [2.05, 4.69) is 34.1 Å². The highest BCUT2D eigenvalue weighted by molar-refractivity contribution is 5.98. The van der Waals surface area contributed by atoms with E-state index in [1.165, 1.54) is 5.56 Å². The molecule has 1 aromatic heterocycles. The molecule has 4 rings (SSSR count). The van der Waals surface area contributed by atoms with Gasteiger partial charge in [0.05, 0.1) is 0 Å². The number of nitrogens with zero attached hydrogens (tertiary/aromatic N) is 1. The van der Waals surface area contributed by atoms with E-state index in [0.717, 1.165) is 48.7 Å². The highest BCUT2D eigenvalue weighted by Gasteiger charge is 2.29. The minimum Gasteiger partial charge on any atom is -0.361 e. The van der Waals surface area contributed by atoms with Crippen LogP contribution in [0.3, 0.4) is 0 Å². The first-order chi connectivity index (χ1) is 11.8. The molecule has 1 aliphatic heterocycles. The zero-order valence-corrected chi connectivity index (χ0v) is 13.7. The fraction of sp³-hybridized carbons (Fsp3) is 0.286. The Kier molecular flexibility index (Phi) is 4.08. The third kappa shape index (κ3) is 2.94. The number of hydrogen-bond donors (Lipinski definition) is 1. The molecule has 2 aromatic carbocycles. The van der Waals surface area contributed by atoms with Gasteiger partial charge in [-0.05, 0) is 54.8 Å². The van der Waals surface area contributed by atoms with Crippen LogP contribution in [0.15, 0.2) is 60.8 Å². The van der Waals surface area contributed by atoms with Crippen LogP contribution in [0, 0.1) is 0 Å². The molecule has 122 valence electrons. The number of aromatic nitrogens is 1. The number of likely N-dealkylation sites (tertiary alicyclic amines) is 1. The van der Waals surface area contributed by atoms with Gasteiger partial charge in [-0.25, -0.2) is 0 Å². The Balaban J connectivity index is 1.48. The molecule has 2 heterocycles. The Labute approximate surface area is 142 Å². The number of H-pyrrole nitrogens is 1. The van der Waals surface area contributed by atoms with Gasteiger partial charge in [0.2, 0.25) is 0 Å². The van der Waals surface area contributed by atoms with Gasteiger partial charge in [-0.1, -0.05) is 36.4 Å². The van der Waals surface area contributed by atoms with Gasteiger partial charge in [0.15, 0.2) is 0 Å². The average molecular weight is 318 g/mol. The highest BCUT2D eigenvalue weighted by atomic mass is 16.2. The van der Waals surface area contributed by atoms with Crippen molar-refractivity contribution in [2.75, 3.05) is 6.54 Å². The number of aromatic amines is 1. The second-order valence-electron chi connectivity index (χ2n) is 6.60. The fourth-order valence-electron chi connectivity index (χ4n) is 3.73. The molecule has 1 aliphatic rings. The van der Waals surface area contributed by atoms with Gasteiger partial charge in [-0.2, -0.15) is 0 Å². The van der Waals surface area contributed by atoms with Crippen molar-refractivity contribution in [1.82, 2.24) is 9.88 Å². The lowest BCUT2D eigenvalue weighted by atomic mass is 10.0. The van der Waals surface area contributed by atoms with Crippen LogP contribution in [0.25, 0.3) is 10.9 Å². The SMILES string of the molecule is O=C(c1ccc2cc[nH]c2c1)N1CCC[C@H]1CCc1ccccc1. The van der Waals surface area contributed by atoms with Gasteiger partial charge in [-0.3, -0.25) is 4.79 Å². The molecule has 1 fully saturated rings. The van der Waals surface area contributed by atoms with Crippen molar-refractivity contribution in [3.05, 3.63) is 71.9 Å². The van der Waals surface area contributed by atoms with Crippen LogP contribution in [0.5, 0.6) is 0 Å². The van der Waals surface area contributed by atoms with Crippen LogP contribution >= 0.6 is 0 Å². The second kappa shape index (κ2) is 6.52. The largest absolute Gasteiger partial charge is 0.361 e.